The van der Waals surface area contributed by atoms with Crippen molar-refractivity contribution in [2.75, 3.05) is 6.54 Å². The third-order valence-corrected chi connectivity index (χ3v) is 4.34. The fourth-order valence-electron chi connectivity index (χ4n) is 3.10. The molecular formula is C17H23N5O. The number of rotatable bonds is 5. The predicted molar refractivity (Wildman–Crippen MR) is 87.4 cm³/mol. The molecule has 1 aliphatic rings. The summed E-state index contributed by atoms with van der Waals surface area (Å²) in [5.74, 6) is -0.0524. The number of hydrogen-bond donors (Lipinski definition) is 1. The normalized spacial score (nSPS) is 18.3. The van der Waals surface area contributed by atoms with Gasteiger partial charge in [0.25, 0.3) is 0 Å². The Kier molecular flexibility index (Phi) is 4.71. The fraction of sp³-hybridized carbons (Fsp3) is 0.471. The summed E-state index contributed by atoms with van der Waals surface area (Å²) in [6.45, 7) is 3.94. The molecule has 0 bridgehead atoms. The highest BCUT2D eigenvalue weighted by atomic mass is 16.1. The summed E-state index contributed by atoms with van der Waals surface area (Å²) in [5, 5.41) is 2.78. The number of nitrogens with zero attached hydrogens (tertiary/aromatic N) is 4. The second-order valence-corrected chi connectivity index (χ2v) is 6.08. The molecular weight excluding hydrogens is 290 g/mol. The number of aryl methyl sites for hydroxylation is 1. The van der Waals surface area contributed by atoms with Gasteiger partial charge in [-0.25, -0.2) is 0 Å². The van der Waals surface area contributed by atoms with Crippen molar-refractivity contribution in [2.24, 2.45) is 7.05 Å². The topological polar surface area (TPSA) is 63.1 Å². The zero-order valence-corrected chi connectivity index (χ0v) is 13.7. The summed E-state index contributed by atoms with van der Waals surface area (Å²) in [6, 6.07) is 4.54. The van der Waals surface area contributed by atoms with Crippen molar-refractivity contribution in [3.63, 3.8) is 0 Å². The van der Waals surface area contributed by atoms with Crippen molar-refractivity contribution >= 4 is 5.91 Å². The van der Waals surface area contributed by atoms with E-state index >= 15 is 0 Å². The lowest BCUT2D eigenvalue weighted by Crippen LogP contribution is -2.25. The van der Waals surface area contributed by atoms with Gasteiger partial charge in [0.15, 0.2) is 0 Å². The molecule has 1 N–H and O–H groups in total. The van der Waals surface area contributed by atoms with E-state index in [0.717, 1.165) is 30.9 Å². The van der Waals surface area contributed by atoms with Crippen LogP contribution in [0.1, 0.15) is 42.9 Å². The van der Waals surface area contributed by atoms with Gasteiger partial charge in [0, 0.05) is 32.4 Å². The summed E-state index contributed by atoms with van der Waals surface area (Å²) < 4.78 is 2.16. The van der Waals surface area contributed by atoms with Gasteiger partial charge in [0.1, 0.15) is 0 Å². The number of amides is 1. The van der Waals surface area contributed by atoms with Crippen molar-refractivity contribution in [1.29, 1.82) is 0 Å². The Morgan fingerprint density at radius 2 is 2.30 bits per heavy atom. The molecule has 23 heavy (non-hydrogen) atoms. The Morgan fingerprint density at radius 1 is 1.43 bits per heavy atom. The molecule has 3 rings (SSSR count). The van der Waals surface area contributed by atoms with Crippen molar-refractivity contribution < 1.29 is 4.79 Å². The summed E-state index contributed by atoms with van der Waals surface area (Å²) in [7, 11) is 2.08. The lowest BCUT2D eigenvalue weighted by Gasteiger charge is -2.24. The SMILES string of the molecule is CC(=O)NCc1cncc([C@H]2CCCN2Cc2cccn2C)n1. The smallest absolute Gasteiger partial charge is 0.217 e. The molecule has 0 saturated carbocycles. The van der Waals surface area contributed by atoms with E-state index in [1.165, 1.54) is 19.0 Å². The van der Waals surface area contributed by atoms with Gasteiger partial charge >= 0.3 is 0 Å². The van der Waals surface area contributed by atoms with Crippen LogP contribution in [-0.2, 0) is 24.9 Å². The maximum Gasteiger partial charge on any atom is 0.217 e. The first-order valence-corrected chi connectivity index (χ1v) is 8.03. The molecule has 1 atom stereocenters. The zero-order chi connectivity index (χ0) is 16.2. The molecule has 122 valence electrons. The molecule has 2 aromatic rings. The van der Waals surface area contributed by atoms with Gasteiger partial charge in [-0.05, 0) is 31.5 Å². The largest absolute Gasteiger partial charge is 0.353 e. The first-order valence-electron chi connectivity index (χ1n) is 8.03. The van der Waals surface area contributed by atoms with Crippen LogP contribution in [-0.4, -0.2) is 31.9 Å². The van der Waals surface area contributed by atoms with Gasteiger partial charge in [-0.3, -0.25) is 19.7 Å². The fourth-order valence-corrected chi connectivity index (χ4v) is 3.10. The average Bonchev–Trinajstić information content (AvgIpc) is 3.16. The predicted octanol–water partition coefficient (Wildman–Crippen LogP) is 1.79. The van der Waals surface area contributed by atoms with Gasteiger partial charge in [-0.2, -0.15) is 0 Å². The molecule has 0 aromatic carbocycles. The van der Waals surface area contributed by atoms with E-state index in [-0.39, 0.29) is 5.91 Å². The molecule has 1 fully saturated rings. The lowest BCUT2D eigenvalue weighted by atomic mass is 10.1. The number of likely N-dealkylation sites (tertiary alicyclic amines) is 1. The minimum atomic E-state index is -0.0524. The van der Waals surface area contributed by atoms with E-state index < -0.39 is 0 Å². The minimum absolute atomic E-state index is 0.0524. The molecule has 1 saturated heterocycles. The van der Waals surface area contributed by atoms with Crippen molar-refractivity contribution in [3.05, 3.63) is 47.8 Å². The number of nitrogens with one attached hydrogen (secondary N) is 1. The molecule has 1 aliphatic heterocycles. The molecule has 0 aliphatic carbocycles. The first kappa shape index (κ1) is 15.7. The van der Waals surface area contributed by atoms with Gasteiger partial charge in [-0.15, -0.1) is 0 Å². The van der Waals surface area contributed by atoms with Gasteiger partial charge in [0.2, 0.25) is 5.91 Å². The molecule has 3 heterocycles. The van der Waals surface area contributed by atoms with Crippen molar-refractivity contribution in [3.8, 4) is 0 Å². The molecule has 0 radical (unpaired) electrons. The summed E-state index contributed by atoms with van der Waals surface area (Å²) in [4.78, 5) is 22.5. The second kappa shape index (κ2) is 6.91. The van der Waals surface area contributed by atoms with Crippen LogP contribution < -0.4 is 5.32 Å². The third kappa shape index (κ3) is 3.76. The van der Waals surface area contributed by atoms with Crippen LogP contribution >= 0.6 is 0 Å². The van der Waals surface area contributed by atoms with Gasteiger partial charge in [-0.1, -0.05) is 0 Å². The Balaban J connectivity index is 1.73. The number of carbonyl (C=O) groups is 1. The average molecular weight is 313 g/mol. The second-order valence-electron chi connectivity index (χ2n) is 6.08. The highest BCUT2D eigenvalue weighted by Crippen LogP contribution is 2.31. The van der Waals surface area contributed by atoms with E-state index in [9.17, 15) is 4.79 Å². The van der Waals surface area contributed by atoms with Crippen LogP contribution in [0.3, 0.4) is 0 Å². The first-order chi connectivity index (χ1) is 11.1. The summed E-state index contributed by atoms with van der Waals surface area (Å²) in [5.41, 5.74) is 3.11. The van der Waals surface area contributed by atoms with E-state index in [4.69, 9.17) is 4.98 Å². The van der Waals surface area contributed by atoms with Crippen LogP contribution in [0.2, 0.25) is 0 Å². The van der Waals surface area contributed by atoms with Gasteiger partial charge < -0.3 is 9.88 Å². The Morgan fingerprint density at radius 3 is 3.04 bits per heavy atom. The Hall–Kier alpha value is -2.21. The molecule has 2 aromatic heterocycles. The standard InChI is InChI=1S/C17H23N5O/c1-13(23)19-10-14-9-18-11-16(20-14)17-6-4-8-22(17)12-15-5-3-7-21(15)2/h3,5,7,9,11,17H,4,6,8,10,12H2,1-2H3,(H,19,23)/t17-/m1/s1. The minimum Gasteiger partial charge on any atom is -0.353 e. The Labute approximate surface area is 136 Å². The van der Waals surface area contributed by atoms with Crippen LogP contribution in [0, 0.1) is 0 Å². The third-order valence-electron chi connectivity index (χ3n) is 4.34. The molecule has 6 nitrogen and oxygen atoms in total. The van der Waals surface area contributed by atoms with Crippen molar-refractivity contribution in [1.82, 2.24) is 24.8 Å². The molecule has 0 unspecified atom stereocenters. The quantitative estimate of drug-likeness (QED) is 0.914. The zero-order valence-electron chi connectivity index (χ0n) is 13.7. The number of carbonyl (C=O) groups excluding carboxylic acids is 1. The van der Waals surface area contributed by atoms with Crippen LogP contribution in [0.4, 0.5) is 0 Å². The molecule has 0 spiro atoms. The van der Waals surface area contributed by atoms with Crippen LogP contribution in [0.5, 0.6) is 0 Å². The monoisotopic (exact) mass is 313 g/mol. The van der Waals surface area contributed by atoms with E-state index in [1.54, 1.807) is 6.20 Å². The van der Waals surface area contributed by atoms with Gasteiger partial charge in [0.05, 0.1) is 36.4 Å². The van der Waals surface area contributed by atoms with Crippen LogP contribution in [0.15, 0.2) is 30.7 Å². The summed E-state index contributed by atoms with van der Waals surface area (Å²) in [6.07, 6.45) is 7.92. The summed E-state index contributed by atoms with van der Waals surface area (Å²) >= 11 is 0. The number of aromatic nitrogens is 3. The van der Waals surface area contributed by atoms with E-state index in [2.05, 4.69) is 45.1 Å². The number of hydrogen-bond acceptors (Lipinski definition) is 4. The maximum atomic E-state index is 11.1. The van der Waals surface area contributed by atoms with Crippen LogP contribution in [0.25, 0.3) is 0 Å². The highest BCUT2D eigenvalue weighted by Gasteiger charge is 2.28. The molecule has 1 amide bonds. The van der Waals surface area contributed by atoms with E-state index in [0.29, 0.717) is 12.6 Å². The van der Waals surface area contributed by atoms with E-state index in [1.807, 2.05) is 6.20 Å². The highest BCUT2D eigenvalue weighted by molar-refractivity contribution is 5.72. The lowest BCUT2D eigenvalue weighted by molar-refractivity contribution is -0.119. The molecule has 6 heteroatoms. The maximum absolute atomic E-state index is 11.1. The van der Waals surface area contributed by atoms with Crippen molar-refractivity contribution in [2.45, 2.75) is 38.9 Å². The Bertz CT molecular complexity index is 681.